The van der Waals surface area contributed by atoms with Gasteiger partial charge in [-0.2, -0.15) is 0 Å². The highest BCUT2D eigenvalue weighted by Crippen LogP contribution is 2.26. The molecule has 0 saturated carbocycles. The summed E-state index contributed by atoms with van der Waals surface area (Å²) in [6.07, 6.45) is 0. The van der Waals surface area contributed by atoms with Gasteiger partial charge in [-0.3, -0.25) is 9.59 Å². The summed E-state index contributed by atoms with van der Waals surface area (Å²) in [6.45, 7) is 3.86. The van der Waals surface area contributed by atoms with Gasteiger partial charge in [0.2, 0.25) is 0 Å². The molecule has 3 aromatic rings. The van der Waals surface area contributed by atoms with Crippen molar-refractivity contribution in [3.63, 3.8) is 0 Å². The molecular weight excluding hydrogens is 356 g/mol. The Morgan fingerprint density at radius 3 is 2.11 bits per heavy atom. The van der Waals surface area contributed by atoms with Crippen molar-refractivity contribution in [1.29, 1.82) is 0 Å². The molecule has 0 spiro atoms. The Hall–Kier alpha value is -3.28. The summed E-state index contributed by atoms with van der Waals surface area (Å²) in [7, 11) is 1.59. The van der Waals surface area contributed by atoms with Gasteiger partial charge in [-0.25, -0.2) is 0 Å². The summed E-state index contributed by atoms with van der Waals surface area (Å²) in [4.78, 5) is 29.1. The Balaban J connectivity index is 1.43. The number of furan rings is 1. The third kappa shape index (κ3) is 3.22. The van der Waals surface area contributed by atoms with Crippen LogP contribution in [0.2, 0.25) is 0 Å². The summed E-state index contributed by atoms with van der Waals surface area (Å²) in [5.41, 5.74) is 2.20. The van der Waals surface area contributed by atoms with E-state index in [2.05, 4.69) is 0 Å². The van der Waals surface area contributed by atoms with E-state index in [0.717, 1.165) is 16.5 Å². The zero-order valence-electron chi connectivity index (χ0n) is 16.0. The van der Waals surface area contributed by atoms with E-state index >= 15 is 0 Å². The molecule has 1 aromatic heterocycles. The summed E-state index contributed by atoms with van der Waals surface area (Å²) in [5, 5.41) is 0.958. The van der Waals surface area contributed by atoms with Crippen LogP contribution < -0.4 is 4.74 Å². The fraction of sp³-hybridized carbons (Fsp3) is 0.273. The van der Waals surface area contributed by atoms with Crippen LogP contribution in [0.3, 0.4) is 0 Å². The normalized spacial score (nSPS) is 14.4. The summed E-state index contributed by atoms with van der Waals surface area (Å²) in [6, 6.07) is 14.7. The molecule has 1 aliphatic heterocycles. The first-order valence-corrected chi connectivity index (χ1v) is 9.29. The predicted octanol–water partition coefficient (Wildman–Crippen LogP) is 3.35. The fourth-order valence-corrected chi connectivity index (χ4v) is 3.55. The van der Waals surface area contributed by atoms with Gasteiger partial charge in [0.1, 0.15) is 11.3 Å². The lowest BCUT2D eigenvalue weighted by atomic mass is 10.1. The molecule has 6 heteroatoms. The predicted molar refractivity (Wildman–Crippen MR) is 106 cm³/mol. The molecule has 0 aliphatic carbocycles. The smallest absolute Gasteiger partial charge is 0.290 e. The topological polar surface area (TPSA) is 63.0 Å². The van der Waals surface area contributed by atoms with E-state index in [0.29, 0.717) is 43.3 Å². The summed E-state index contributed by atoms with van der Waals surface area (Å²) in [5.74, 6) is 0.948. The van der Waals surface area contributed by atoms with Crippen LogP contribution in [0.4, 0.5) is 0 Å². The molecule has 1 aliphatic rings. The standard InChI is InChI=1S/C22H22N2O4/c1-15-18-5-3-4-6-19(18)28-20(15)22(26)24-13-11-23(12-14-24)21(25)16-7-9-17(27-2)10-8-16/h3-10H,11-14H2,1-2H3. The number of amides is 2. The summed E-state index contributed by atoms with van der Waals surface area (Å²) >= 11 is 0. The molecule has 0 unspecified atom stereocenters. The molecule has 4 rings (SSSR count). The molecule has 1 saturated heterocycles. The molecule has 144 valence electrons. The minimum atomic E-state index is -0.120. The van der Waals surface area contributed by atoms with Gasteiger partial charge in [-0.15, -0.1) is 0 Å². The van der Waals surface area contributed by atoms with E-state index in [1.165, 1.54) is 0 Å². The quantitative estimate of drug-likeness (QED) is 0.701. The van der Waals surface area contributed by atoms with Gasteiger partial charge >= 0.3 is 0 Å². The van der Waals surface area contributed by atoms with E-state index in [9.17, 15) is 9.59 Å². The minimum Gasteiger partial charge on any atom is -0.497 e. The van der Waals surface area contributed by atoms with Gasteiger partial charge in [-0.1, -0.05) is 18.2 Å². The first kappa shape index (κ1) is 18.1. The Morgan fingerprint density at radius 2 is 1.50 bits per heavy atom. The van der Waals surface area contributed by atoms with Crippen LogP contribution in [-0.2, 0) is 0 Å². The first-order chi connectivity index (χ1) is 13.6. The highest BCUT2D eigenvalue weighted by molar-refractivity contribution is 5.99. The molecule has 6 nitrogen and oxygen atoms in total. The zero-order chi connectivity index (χ0) is 19.7. The van der Waals surface area contributed by atoms with Crippen LogP contribution in [0.1, 0.15) is 26.5 Å². The highest BCUT2D eigenvalue weighted by Gasteiger charge is 2.28. The second-order valence-electron chi connectivity index (χ2n) is 6.87. The lowest BCUT2D eigenvalue weighted by Crippen LogP contribution is -2.50. The van der Waals surface area contributed by atoms with E-state index in [-0.39, 0.29) is 11.8 Å². The van der Waals surface area contributed by atoms with E-state index < -0.39 is 0 Å². The number of piperazine rings is 1. The number of carbonyl (C=O) groups is 2. The van der Waals surface area contributed by atoms with Gasteiger partial charge in [-0.05, 0) is 37.3 Å². The molecule has 0 atom stereocenters. The molecule has 2 amide bonds. The van der Waals surface area contributed by atoms with Crippen molar-refractivity contribution in [2.45, 2.75) is 6.92 Å². The average molecular weight is 378 g/mol. The van der Waals surface area contributed by atoms with Gasteiger partial charge < -0.3 is 19.0 Å². The third-order valence-corrected chi connectivity index (χ3v) is 5.23. The number of ether oxygens (including phenoxy) is 1. The van der Waals surface area contributed by atoms with Crippen molar-refractivity contribution in [2.75, 3.05) is 33.3 Å². The summed E-state index contributed by atoms with van der Waals surface area (Å²) < 4.78 is 10.9. The maximum atomic E-state index is 12.9. The van der Waals surface area contributed by atoms with Crippen molar-refractivity contribution < 1.29 is 18.7 Å². The second-order valence-corrected chi connectivity index (χ2v) is 6.87. The maximum absolute atomic E-state index is 12.9. The number of benzene rings is 2. The molecule has 2 aromatic carbocycles. The van der Waals surface area contributed by atoms with Crippen molar-refractivity contribution in [3.05, 3.63) is 65.4 Å². The molecule has 28 heavy (non-hydrogen) atoms. The molecule has 0 bridgehead atoms. The van der Waals surface area contributed by atoms with Gasteiger partial charge in [0.25, 0.3) is 11.8 Å². The van der Waals surface area contributed by atoms with Crippen LogP contribution in [0.15, 0.2) is 52.9 Å². The number of rotatable bonds is 3. The number of para-hydroxylation sites is 1. The van der Waals surface area contributed by atoms with Gasteiger partial charge in [0.15, 0.2) is 5.76 Å². The molecule has 1 fully saturated rings. The minimum absolute atomic E-state index is 0.0327. The number of nitrogens with zero attached hydrogens (tertiary/aromatic N) is 2. The Morgan fingerprint density at radius 1 is 0.893 bits per heavy atom. The number of hydrogen-bond acceptors (Lipinski definition) is 4. The number of methoxy groups -OCH3 is 1. The van der Waals surface area contributed by atoms with Crippen molar-refractivity contribution in [2.24, 2.45) is 0 Å². The maximum Gasteiger partial charge on any atom is 0.290 e. The Kier molecular flexibility index (Phi) is 4.77. The van der Waals surface area contributed by atoms with Gasteiger partial charge in [0.05, 0.1) is 7.11 Å². The molecule has 2 heterocycles. The number of fused-ring (bicyclic) bond motifs is 1. The fourth-order valence-electron chi connectivity index (χ4n) is 3.55. The van der Waals surface area contributed by atoms with E-state index in [1.807, 2.05) is 31.2 Å². The van der Waals surface area contributed by atoms with Crippen LogP contribution in [0.5, 0.6) is 5.75 Å². The van der Waals surface area contributed by atoms with Crippen LogP contribution in [0, 0.1) is 6.92 Å². The second kappa shape index (κ2) is 7.38. The van der Waals surface area contributed by atoms with Crippen LogP contribution in [-0.4, -0.2) is 54.9 Å². The Bertz CT molecular complexity index is 1010. The molecule has 0 radical (unpaired) electrons. The monoisotopic (exact) mass is 378 g/mol. The first-order valence-electron chi connectivity index (χ1n) is 9.29. The number of aryl methyl sites for hydroxylation is 1. The lowest BCUT2D eigenvalue weighted by molar-refractivity contribution is 0.0519. The zero-order valence-corrected chi connectivity index (χ0v) is 16.0. The largest absolute Gasteiger partial charge is 0.497 e. The van der Waals surface area contributed by atoms with E-state index in [4.69, 9.17) is 9.15 Å². The van der Waals surface area contributed by atoms with Crippen molar-refractivity contribution >= 4 is 22.8 Å². The lowest BCUT2D eigenvalue weighted by Gasteiger charge is -2.34. The highest BCUT2D eigenvalue weighted by atomic mass is 16.5. The van der Waals surface area contributed by atoms with E-state index in [1.54, 1.807) is 41.2 Å². The Labute approximate surface area is 163 Å². The number of carbonyl (C=O) groups excluding carboxylic acids is 2. The van der Waals surface area contributed by atoms with Crippen LogP contribution >= 0.6 is 0 Å². The van der Waals surface area contributed by atoms with Crippen LogP contribution in [0.25, 0.3) is 11.0 Å². The van der Waals surface area contributed by atoms with Crippen molar-refractivity contribution in [3.8, 4) is 5.75 Å². The average Bonchev–Trinajstić information content (AvgIpc) is 3.09. The SMILES string of the molecule is COc1ccc(C(=O)N2CCN(C(=O)c3oc4ccccc4c3C)CC2)cc1. The number of hydrogen-bond donors (Lipinski definition) is 0. The third-order valence-electron chi connectivity index (χ3n) is 5.23. The van der Waals surface area contributed by atoms with Gasteiger partial charge in [0, 0.05) is 42.7 Å². The van der Waals surface area contributed by atoms with Crippen molar-refractivity contribution in [1.82, 2.24) is 9.80 Å². The molecule has 0 N–H and O–H groups in total. The molecular formula is C22H22N2O4.